The molecule has 0 saturated carbocycles. The first-order valence-electron chi connectivity index (χ1n) is 5.78. The van der Waals surface area contributed by atoms with Gasteiger partial charge >= 0.3 is 6.09 Å². The highest BCUT2D eigenvalue weighted by molar-refractivity contribution is 5.68. The molecule has 91 valence electrons. The van der Waals surface area contributed by atoms with Crippen LogP contribution in [-0.4, -0.2) is 31.2 Å². The van der Waals surface area contributed by atoms with Crippen LogP contribution < -0.4 is 5.32 Å². The zero-order valence-electron chi connectivity index (χ0n) is 10.1. The van der Waals surface area contributed by atoms with E-state index in [1.807, 2.05) is 31.7 Å². The summed E-state index contributed by atoms with van der Waals surface area (Å²) in [6.45, 7) is 5.29. The van der Waals surface area contributed by atoms with E-state index in [9.17, 15) is 4.79 Å². The number of nitrogens with zero attached hydrogens (tertiary/aromatic N) is 1. The number of likely N-dealkylation sites (N-methyl/N-ethyl adjacent to an activating group) is 1. The lowest BCUT2D eigenvalue weighted by Crippen LogP contribution is -2.42. The zero-order chi connectivity index (χ0) is 12.3. The third-order valence-corrected chi connectivity index (χ3v) is 3.05. The van der Waals surface area contributed by atoms with E-state index >= 15 is 0 Å². The molecule has 1 heterocycles. The lowest BCUT2D eigenvalue weighted by Gasteiger charge is -2.34. The number of ether oxygens (including phenoxy) is 1. The first kappa shape index (κ1) is 11.9. The van der Waals surface area contributed by atoms with Crippen molar-refractivity contribution in [2.75, 3.05) is 20.2 Å². The Balaban J connectivity index is 2.30. The molecule has 1 unspecified atom stereocenters. The minimum absolute atomic E-state index is 0.0358. The molecule has 1 aliphatic rings. The average molecular weight is 233 g/mol. The number of rotatable bonds is 2. The fourth-order valence-electron chi connectivity index (χ4n) is 2.21. The van der Waals surface area contributed by atoms with Crippen molar-refractivity contribution in [3.05, 3.63) is 41.9 Å². The van der Waals surface area contributed by atoms with E-state index in [0.717, 1.165) is 12.1 Å². The summed E-state index contributed by atoms with van der Waals surface area (Å²) in [5.41, 5.74) is 2.30. The molecule has 1 aromatic carbocycles. The van der Waals surface area contributed by atoms with Crippen LogP contribution in [0.2, 0.25) is 0 Å². The van der Waals surface area contributed by atoms with Crippen molar-refractivity contribution in [2.45, 2.75) is 13.0 Å². The molecule has 1 amide bonds. The van der Waals surface area contributed by atoms with Crippen LogP contribution in [0.25, 0.3) is 0 Å². The molecule has 1 aromatic rings. The summed E-state index contributed by atoms with van der Waals surface area (Å²) in [5.74, 6) is 0. The summed E-state index contributed by atoms with van der Waals surface area (Å²) in [4.78, 5) is 13.5. The molecule has 17 heavy (non-hydrogen) atoms. The molecule has 2 rings (SSSR count). The van der Waals surface area contributed by atoms with Gasteiger partial charge in [0.25, 0.3) is 0 Å². The fourth-order valence-corrected chi connectivity index (χ4v) is 2.21. The summed E-state index contributed by atoms with van der Waals surface area (Å²) >= 11 is 0. The molecule has 0 aromatic heterocycles. The summed E-state index contributed by atoms with van der Waals surface area (Å²) in [6.07, 6.45) is -0.281. The second kappa shape index (κ2) is 5.19. The van der Waals surface area contributed by atoms with Crippen LogP contribution in [0.5, 0.6) is 0 Å². The van der Waals surface area contributed by atoms with Crippen molar-refractivity contribution < 1.29 is 9.53 Å². The molecule has 0 aliphatic carbocycles. The van der Waals surface area contributed by atoms with Gasteiger partial charge in [0.15, 0.2) is 0 Å². The molecule has 4 nitrogen and oxygen atoms in total. The number of carbonyl (C=O) groups excluding carboxylic acids is 1. The molecule has 1 atom stereocenters. The highest BCUT2D eigenvalue weighted by Crippen LogP contribution is 2.27. The van der Waals surface area contributed by atoms with Gasteiger partial charge in [-0.1, -0.05) is 24.3 Å². The molecule has 0 spiro atoms. The molecule has 0 saturated heterocycles. The molecule has 4 heteroatoms. The Hall–Kier alpha value is -1.55. The van der Waals surface area contributed by atoms with E-state index in [4.69, 9.17) is 4.74 Å². The van der Waals surface area contributed by atoms with Gasteiger partial charge in [-0.25, -0.2) is 4.79 Å². The number of hydrogen-bond acceptors (Lipinski definition) is 3. The summed E-state index contributed by atoms with van der Waals surface area (Å²) < 4.78 is 4.82. The van der Waals surface area contributed by atoms with E-state index in [1.165, 1.54) is 12.7 Å². The quantitative estimate of drug-likeness (QED) is 0.848. The van der Waals surface area contributed by atoms with E-state index in [1.54, 1.807) is 4.90 Å². The monoisotopic (exact) mass is 233 g/mol. The maximum absolute atomic E-state index is 11.7. The minimum atomic E-state index is -0.281. The van der Waals surface area contributed by atoms with Crippen LogP contribution in [0.4, 0.5) is 4.79 Å². The fraction of sp³-hybridized carbons (Fsp3) is 0.385. The van der Waals surface area contributed by atoms with Crippen molar-refractivity contribution >= 4 is 6.09 Å². The van der Waals surface area contributed by atoms with Crippen LogP contribution in [0.15, 0.2) is 24.3 Å². The van der Waals surface area contributed by atoms with Gasteiger partial charge in [-0.2, -0.15) is 0 Å². The zero-order valence-corrected chi connectivity index (χ0v) is 10.1. The molecular weight excluding hydrogens is 216 g/mol. The predicted octanol–water partition coefficient (Wildman–Crippen LogP) is 1.93. The SMILES string of the molecule is CCN(C(=O)OC)C1CN[CH]c2ccccc21. The van der Waals surface area contributed by atoms with Gasteiger partial charge in [0, 0.05) is 13.1 Å². The third kappa shape index (κ3) is 2.26. The number of methoxy groups -OCH3 is 1. The van der Waals surface area contributed by atoms with Gasteiger partial charge in [-0.3, -0.25) is 0 Å². The third-order valence-electron chi connectivity index (χ3n) is 3.05. The Bertz CT molecular complexity index is 406. The van der Waals surface area contributed by atoms with Crippen molar-refractivity contribution in [1.82, 2.24) is 10.2 Å². The maximum atomic E-state index is 11.7. The average Bonchev–Trinajstić information content (AvgIpc) is 2.39. The molecule has 0 bridgehead atoms. The number of nitrogens with one attached hydrogen (secondary N) is 1. The van der Waals surface area contributed by atoms with Crippen molar-refractivity contribution in [2.24, 2.45) is 0 Å². The molecular formula is C13H17N2O2. The van der Waals surface area contributed by atoms with Crippen LogP contribution >= 0.6 is 0 Å². The van der Waals surface area contributed by atoms with Gasteiger partial charge in [0.1, 0.15) is 0 Å². The molecule has 1 N–H and O–H groups in total. The normalized spacial score (nSPS) is 18.4. The molecule has 0 fully saturated rings. The summed E-state index contributed by atoms with van der Waals surface area (Å²) in [6, 6.07) is 8.13. The van der Waals surface area contributed by atoms with Crippen molar-refractivity contribution in [3.8, 4) is 0 Å². The van der Waals surface area contributed by atoms with E-state index in [0.29, 0.717) is 6.54 Å². The van der Waals surface area contributed by atoms with Crippen LogP contribution in [0.1, 0.15) is 24.1 Å². The Labute approximate surface area is 102 Å². The lowest BCUT2D eigenvalue weighted by atomic mass is 9.96. The number of amides is 1. The summed E-state index contributed by atoms with van der Waals surface area (Å²) in [5, 5.41) is 3.21. The molecule has 1 radical (unpaired) electrons. The van der Waals surface area contributed by atoms with Gasteiger partial charge in [0.05, 0.1) is 19.7 Å². The van der Waals surface area contributed by atoms with Crippen LogP contribution in [0, 0.1) is 6.54 Å². The Kier molecular flexibility index (Phi) is 3.64. The summed E-state index contributed by atoms with van der Waals surface area (Å²) in [7, 11) is 1.42. The number of carbonyl (C=O) groups is 1. The van der Waals surface area contributed by atoms with E-state index in [-0.39, 0.29) is 12.1 Å². The molecule has 1 aliphatic heterocycles. The van der Waals surface area contributed by atoms with Gasteiger partial charge in [-0.15, -0.1) is 0 Å². The van der Waals surface area contributed by atoms with Crippen LogP contribution in [0.3, 0.4) is 0 Å². The van der Waals surface area contributed by atoms with Gasteiger partial charge in [-0.05, 0) is 18.1 Å². The largest absolute Gasteiger partial charge is 0.453 e. The first-order valence-corrected chi connectivity index (χ1v) is 5.78. The van der Waals surface area contributed by atoms with Gasteiger partial charge in [0.2, 0.25) is 0 Å². The number of benzene rings is 1. The smallest absolute Gasteiger partial charge is 0.410 e. The number of hydrogen-bond donors (Lipinski definition) is 1. The van der Waals surface area contributed by atoms with E-state index < -0.39 is 0 Å². The minimum Gasteiger partial charge on any atom is -0.453 e. The second-order valence-electron chi connectivity index (χ2n) is 3.95. The first-order chi connectivity index (χ1) is 8.27. The van der Waals surface area contributed by atoms with Gasteiger partial charge < -0.3 is 15.0 Å². The highest BCUT2D eigenvalue weighted by atomic mass is 16.5. The van der Waals surface area contributed by atoms with Crippen molar-refractivity contribution in [1.29, 1.82) is 0 Å². The van der Waals surface area contributed by atoms with Crippen LogP contribution in [-0.2, 0) is 4.74 Å². The predicted molar refractivity (Wildman–Crippen MR) is 65.4 cm³/mol. The number of fused-ring (bicyclic) bond motifs is 1. The highest BCUT2D eigenvalue weighted by Gasteiger charge is 2.28. The Morgan fingerprint density at radius 1 is 1.53 bits per heavy atom. The second-order valence-corrected chi connectivity index (χ2v) is 3.95. The standard InChI is InChI=1S/C13H17N2O2/c1-3-15(13(16)17-2)12-9-14-8-10-6-4-5-7-11(10)12/h4-8,12,14H,3,9H2,1-2H3. The van der Waals surface area contributed by atoms with E-state index in [2.05, 4.69) is 11.4 Å². The van der Waals surface area contributed by atoms with Crippen molar-refractivity contribution in [3.63, 3.8) is 0 Å². The topological polar surface area (TPSA) is 41.6 Å². The maximum Gasteiger partial charge on any atom is 0.410 e. The Morgan fingerprint density at radius 2 is 2.29 bits per heavy atom. The Morgan fingerprint density at radius 3 is 3.00 bits per heavy atom. The lowest BCUT2D eigenvalue weighted by molar-refractivity contribution is 0.106.